The molecule has 3 aromatic rings. The standard InChI is InChI=1S/C23H24BrFN2O6S/c1-14(2)33-13-20-26-22(28)21(34(30,31)16-9-10-17(24)18(25)11-16)23(29)27(20)19(12-32-3)15-7-5-4-6-8-15/h4-11,14,19,28H,12-13H2,1-3H3. The number of aromatic hydroxyl groups is 1. The van der Waals surface area contributed by atoms with Crippen LogP contribution in [0.2, 0.25) is 0 Å². The van der Waals surface area contributed by atoms with E-state index in [2.05, 4.69) is 20.9 Å². The molecule has 182 valence electrons. The summed E-state index contributed by atoms with van der Waals surface area (Å²) < 4.78 is 52.9. The molecule has 0 spiro atoms. The molecular weight excluding hydrogens is 531 g/mol. The van der Waals surface area contributed by atoms with Gasteiger partial charge in [-0.25, -0.2) is 12.8 Å². The van der Waals surface area contributed by atoms with E-state index in [1.165, 1.54) is 13.2 Å². The third-order valence-corrected chi connectivity index (χ3v) is 7.38. The summed E-state index contributed by atoms with van der Waals surface area (Å²) in [6.45, 7) is 3.41. The second-order valence-electron chi connectivity index (χ2n) is 7.68. The van der Waals surface area contributed by atoms with Crippen LogP contribution in [0.15, 0.2) is 67.6 Å². The van der Waals surface area contributed by atoms with Crippen molar-refractivity contribution in [2.45, 2.75) is 42.4 Å². The Morgan fingerprint density at radius 2 is 1.85 bits per heavy atom. The number of ether oxygens (including phenoxy) is 2. The van der Waals surface area contributed by atoms with Crippen LogP contribution in [-0.2, 0) is 25.9 Å². The van der Waals surface area contributed by atoms with Crippen LogP contribution >= 0.6 is 15.9 Å². The molecule has 0 amide bonds. The topological polar surface area (TPSA) is 108 Å². The minimum atomic E-state index is -4.63. The molecule has 1 aromatic heterocycles. The van der Waals surface area contributed by atoms with Crippen molar-refractivity contribution in [1.82, 2.24) is 9.55 Å². The summed E-state index contributed by atoms with van der Waals surface area (Å²) in [5, 5.41) is 10.6. The summed E-state index contributed by atoms with van der Waals surface area (Å²) in [5.74, 6) is -1.81. The summed E-state index contributed by atoms with van der Waals surface area (Å²) in [4.78, 5) is 16.3. The average Bonchev–Trinajstić information content (AvgIpc) is 2.78. The molecule has 0 aliphatic carbocycles. The van der Waals surface area contributed by atoms with Crippen molar-refractivity contribution < 1.29 is 27.4 Å². The molecule has 3 rings (SSSR count). The van der Waals surface area contributed by atoms with Crippen molar-refractivity contribution in [2.75, 3.05) is 13.7 Å². The van der Waals surface area contributed by atoms with Gasteiger partial charge in [0.2, 0.25) is 15.7 Å². The monoisotopic (exact) mass is 554 g/mol. The maximum atomic E-state index is 14.1. The third-order valence-electron chi connectivity index (χ3n) is 4.97. The first kappa shape index (κ1) is 26.0. The van der Waals surface area contributed by atoms with Gasteiger partial charge in [0.25, 0.3) is 5.56 Å². The second-order valence-corrected chi connectivity index (χ2v) is 10.4. The highest BCUT2D eigenvalue weighted by atomic mass is 79.9. The molecule has 0 saturated heterocycles. The molecule has 1 N–H and O–H groups in total. The molecule has 34 heavy (non-hydrogen) atoms. The first-order valence-electron chi connectivity index (χ1n) is 10.3. The highest BCUT2D eigenvalue weighted by molar-refractivity contribution is 9.10. The van der Waals surface area contributed by atoms with Gasteiger partial charge in [-0.05, 0) is 53.5 Å². The van der Waals surface area contributed by atoms with Crippen molar-refractivity contribution in [3.63, 3.8) is 0 Å². The number of sulfone groups is 1. The zero-order valence-corrected chi connectivity index (χ0v) is 21.1. The van der Waals surface area contributed by atoms with Crippen molar-refractivity contribution in [1.29, 1.82) is 0 Å². The lowest BCUT2D eigenvalue weighted by atomic mass is 10.1. The number of hydrogen-bond acceptors (Lipinski definition) is 7. The third kappa shape index (κ3) is 5.38. The molecule has 0 radical (unpaired) electrons. The van der Waals surface area contributed by atoms with Gasteiger partial charge in [-0.2, -0.15) is 4.98 Å². The molecule has 1 atom stereocenters. The summed E-state index contributed by atoms with van der Waals surface area (Å²) in [6, 6.07) is 11.2. The lowest BCUT2D eigenvalue weighted by Gasteiger charge is -2.24. The smallest absolute Gasteiger partial charge is 0.277 e. The number of halogens is 2. The van der Waals surface area contributed by atoms with Gasteiger partial charge in [-0.15, -0.1) is 0 Å². The van der Waals surface area contributed by atoms with Gasteiger partial charge in [0.05, 0.1) is 28.1 Å². The average molecular weight is 555 g/mol. The van der Waals surface area contributed by atoms with Crippen LogP contribution in [0.1, 0.15) is 31.3 Å². The van der Waals surface area contributed by atoms with Crippen LogP contribution in [-0.4, -0.2) is 42.9 Å². The minimum absolute atomic E-state index is 0.0114. The van der Waals surface area contributed by atoms with Gasteiger partial charge in [0, 0.05) is 7.11 Å². The van der Waals surface area contributed by atoms with E-state index in [9.17, 15) is 22.7 Å². The molecule has 0 aliphatic rings. The fourth-order valence-corrected chi connectivity index (χ4v) is 4.97. The van der Waals surface area contributed by atoms with Gasteiger partial charge in [-0.3, -0.25) is 9.36 Å². The van der Waals surface area contributed by atoms with E-state index in [0.29, 0.717) is 5.56 Å². The van der Waals surface area contributed by atoms with E-state index in [4.69, 9.17) is 9.47 Å². The van der Waals surface area contributed by atoms with Crippen LogP contribution in [0.4, 0.5) is 4.39 Å². The zero-order valence-electron chi connectivity index (χ0n) is 18.7. The molecule has 1 unspecified atom stereocenters. The minimum Gasteiger partial charge on any atom is -0.492 e. The molecule has 1 heterocycles. The molecule has 2 aromatic carbocycles. The van der Waals surface area contributed by atoms with Gasteiger partial charge >= 0.3 is 0 Å². The van der Waals surface area contributed by atoms with Crippen molar-refractivity contribution in [3.05, 3.63) is 80.6 Å². The molecule has 0 fully saturated rings. The lowest BCUT2D eigenvalue weighted by Crippen LogP contribution is -2.35. The normalized spacial score (nSPS) is 12.8. The van der Waals surface area contributed by atoms with Crippen molar-refractivity contribution >= 4 is 25.8 Å². The van der Waals surface area contributed by atoms with Crippen molar-refractivity contribution in [3.8, 4) is 5.88 Å². The molecular formula is C23H24BrFN2O6S. The quantitative estimate of drug-likeness (QED) is 0.428. The first-order valence-corrected chi connectivity index (χ1v) is 12.6. The highest BCUT2D eigenvalue weighted by Gasteiger charge is 2.32. The van der Waals surface area contributed by atoms with Crippen LogP contribution in [0.25, 0.3) is 0 Å². The fourth-order valence-electron chi connectivity index (χ4n) is 3.36. The van der Waals surface area contributed by atoms with Crippen LogP contribution in [0, 0.1) is 5.82 Å². The molecule has 0 aliphatic heterocycles. The largest absolute Gasteiger partial charge is 0.492 e. The predicted octanol–water partition coefficient (Wildman–Crippen LogP) is 3.84. The SMILES string of the molecule is COCC(c1ccccc1)n1c(COC(C)C)nc(O)c(S(=O)(=O)c2ccc(Br)c(F)c2)c1=O. The number of hydrogen-bond donors (Lipinski definition) is 1. The van der Waals surface area contributed by atoms with E-state index in [-0.39, 0.29) is 29.6 Å². The van der Waals surface area contributed by atoms with Crippen molar-refractivity contribution in [2.24, 2.45) is 0 Å². The summed E-state index contributed by atoms with van der Waals surface area (Å²) in [7, 11) is -3.18. The number of rotatable bonds is 9. The van der Waals surface area contributed by atoms with E-state index < -0.39 is 42.9 Å². The Kier molecular flexibility index (Phi) is 8.24. The molecule has 0 bridgehead atoms. The molecule has 0 saturated carbocycles. The number of benzene rings is 2. The maximum Gasteiger partial charge on any atom is 0.277 e. The Bertz CT molecular complexity index is 1330. The van der Waals surface area contributed by atoms with Crippen LogP contribution in [0.5, 0.6) is 5.88 Å². The number of nitrogens with zero attached hydrogens (tertiary/aromatic N) is 2. The van der Waals surface area contributed by atoms with E-state index in [1.807, 2.05) is 0 Å². The Morgan fingerprint density at radius 1 is 1.18 bits per heavy atom. The summed E-state index contributed by atoms with van der Waals surface area (Å²) in [5.41, 5.74) is -0.369. The summed E-state index contributed by atoms with van der Waals surface area (Å²) in [6.07, 6.45) is -0.223. The van der Waals surface area contributed by atoms with E-state index in [1.54, 1.807) is 44.2 Å². The Labute approximate surface area is 205 Å². The molecule has 11 heteroatoms. The first-order chi connectivity index (χ1) is 16.1. The summed E-state index contributed by atoms with van der Waals surface area (Å²) >= 11 is 2.97. The fraction of sp³-hybridized carbons (Fsp3) is 0.304. The van der Waals surface area contributed by atoms with Crippen LogP contribution < -0.4 is 5.56 Å². The van der Waals surface area contributed by atoms with Crippen LogP contribution in [0.3, 0.4) is 0 Å². The Morgan fingerprint density at radius 3 is 2.44 bits per heavy atom. The Balaban J connectivity index is 2.31. The number of methoxy groups -OCH3 is 1. The lowest BCUT2D eigenvalue weighted by molar-refractivity contribution is 0.0557. The molecule has 8 nitrogen and oxygen atoms in total. The van der Waals surface area contributed by atoms with Gasteiger partial charge in [-0.1, -0.05) is 30.3 Å². The van der Waals surface area contributed by atoms with Gasteiger partial charge in [0.1, 0.15) is 18.2 Å². The Hall–Kier alpha value is -2.60. The number of aromatic nitrogens is 2. The zero-order chi connectivity index (χ0) is 25.0. The maximum absolute atomic E-state index is 14.1. The van der Waals surface area contributed by atoms with E-state index in [0.717, 1.165) is 16.7 Å². The van der Waals surface area contributed by atoms with E-state index >= 15 is 0 Å². The van der Waals surface area contributed by atoms with Gasteiger partial charge < -0.3 is 14.6 Å². The highest BCUT2D eigenvalue weighted by Crippen LogP contribution is 2.29. The second kappa shape index (κ2) is 10.8. The van der Waals surface area contributed by atoms with Gasteiger partial charge in [0.15, 0.2) is 4.90 Å². The predicted molar refractivity (Wildman–Crippen MR) is 126 cm³/mol.